The van der Waals surface area contributed by atoms with E-state index in [2.05, 4.69) is 0 Å². The van der Waals surface area contributed by atoms with Crippen LogP contribution in [-0.4, -0.2) is 22.0 Å². The van der Waals surface area contributed by atoms with E-state index in [0.29, 0.717) is 17.1 Å². The molecular weight excluding hydrogens is 156 g/mol. The molecule has 0 aromatic carbocycles. The summed E-state index contributed by atoms with van der Waals surface area (Å²) in [4.78, 5) is 2.31. The predicted molar refractivity (Wildman–Crippen MR) is 50.3 cm³/mol. The highest BCUT2D eigenvalue weighted by atomic mass is 32.1. The normalized spacial score (nSPS) is 9.91. The van der Waals surface area contributed by atoms with E-state index in [1.54, 1.807) is 0 Å². The minimum Gasteiger partial charge on any atom is -0.349 e. The molecule has 0 bridgehead atoms. The molecule has 0 atom stereocenters. The molecule has 0 saturated carbocycles. The summed E-state index contributed by atoms with van der Waals surface area (Å²) in [6.07, 6.45) is 0. The molecule has 0 aromatic rings. The van der Waals surface area contributed by atoms with E-state index < -0.39 is 0 Å². The molecule has 62 valence electrons. The van der Waals surface area contributed by atoms with Gasteiger partial charge in [0, 0.05) is 12.1 Å². The topological polar surface area (TPSA) is 27.0 Å². The standard InChI is InChI=1S/C8H14N2S/c1-6(2)10(7(3)4)8(11)5-9/h6-7H,1-4H3. The minimum atomic E-state index is 0.308. The molecule has 11 heavy (non-hydrogen) atoms. The summed E-state index contributed by atoms with van der Waals surface area (Å²) in [5, 5.41) is 8.57. The first kappa shape index (κ1) is 10.4. The smallest absolute Gasteiger partial charge is 0.181 e. The van der Waals surface area contributed by atoms with Gasteiger partial charge < -0.3 is 4.90 Å². The molecule has 0 saturated heterocycles. The first-order valence-electron chi connectivity index (χ1n) is 3.73. The van der Waals surface area contributed by atoms with Gasteiger partial charge in [0.15, 0.2) is 4.99 Å². The van der Waals surface area contributed by atoms with Crippen LogP contribution in [0.2, 0.25) is 0 Å². The van der Waals surface area contributed by atoms with Crippen molar-refractivity contribution in [1.29, 1.82) is 5.26 Å². The number of hydrogen-bond acceptors (Lipinski definition) is 2. The van der Waals surface area contributed by atoms with Gasteiger partial charge in [0.2, 0.25) is 0 Å². The van der Waals surface area contributed by atoms with Gasteiger partial charge in [0.05, 0.1) is 0 Å². The number of nitriles is 1. The highest BCUT2D eigenvalue weighted by molar-refractivity contribution is 7.80. The Morgan fingerprint density at radius 2 is 1.64 bits per heavy atom. The summed E-state index contributed by atoms with van der Waals surface area (Å²) in [7, 11) is 0. The van der Waals surface area contributed by atoms with E-state index in [4.69, 9.17) is 17.5 Å². The highest BCUT2D eigenvalue weighted by Gasteiger charge is 2.15. The van der Waals surface area contributed by atoms with E-state index in [9.17, 15) is 0 Å². The third kappa shape index (κ3) is 2.85. The van der Waals surface area contributed by atoms with Crippen molar-refractivity contribution in [3.05, 3.63) is 0 Å². The molecule has 0 aliphatic heterocycles. The van der Waals surface area contributed by atoms with E-state index in [0.717, 1.165) is 0 Å². The Morgan fingerprint density at radius 1 is 1.27 bits per heavy atom. The summed E-state index contributed by atoms with van der Waals surface area (Å²) in [6, 6.07) is 2.60. The van der Waals surface area contributed by atoms with Crippen molar-refractivity contribution in [2.45, 2.75) is 39.8 Å². The zero-order valence-corrected chi connectivity index (χ0v) is 8.27. The Kier molecular flexibility index (Phi) is 4.06. The second-order valence-corrected chi connectivity index (χ2v) is 3.40. The maximum Gasteiger partial charge on any atom is 0.181 e. The largest absolute Gasteiger partial charge is 0.349 e. The summed E-state index contributed by atoms with van der Waals surface area (Å²) >= 11 is 4.89. The van der Waals surface area contributed by atoms with Gasteiger partial charge >= 0.3 is 0 Å². The lowest BCUT2D eigenvalue weighted by atomic mass is 10.2. The van der Waals surface area contributed by atoms with E-state index in [1.165, 1.54) is 0 Å². The highest BCUT2D eigenvalue weighted by Crippen LogP contribution is 2.05. The van der Waals surface area contributed by atoms with Gasteiger partial charge in [-0.2, -0.15) is 5.26 Å². The molecule has 0 aliphatic rings. The Bertz CT molecular complexity index is 171. The molecule has 0 fully saturated rings. The van der Waals surface area contributed by atoms with Crippen molar-refractivity contribution in [1.82, 2.24) is 4.90 Å². The van der Waals surface area contributed by atoms with Crippen LogP contribution in [0.1, 0.15) is 27.7 Å². The van der Waals surface area contributed by atoms with Crippen LogP contribution >= 0.6 is 12.2 Å². The number of thiocarbonyl (C=S) groups is 1. The average molecular weight is 170 g/mol. The lowest BCUT2D eigenvalue weighted by Gasteiger charge is -2.29. The van der Waals surface area contributed by atoms with Crippen molar-refractivity contribution >= 4 is 17.2 Å². The van der Waals surface area contributed by atoms with Gasteiger partial charge in [-0.1, -0.05) is 0 Å². The summed E-state index contributed by atoms with van der Waals surface area (Å²) in [6.45, 7) is 8.13. The minimum absolute atomic E-state index is 0.308. The fourth-order valence-electron chi connectivity index (χ4n) is 1.12. The Balaban J connectivity index is 4.37. The third-order valence-corrected chi connectivity index (χ3v) is 1.74. The molecule has 0 radical (unpaired) electrons. The van der Waals surface area contributed by atoms with Crippen LogP contribution in [0.15, 0.2) is 0 Å². The molecule has 0 aromatic heterocycles. The zero-order chi connectivity index (χ0) is 9.02. The van der Waals surface area contributed by atoms with E-state index >= 15 is 0 Å². The van der Waals surface area contributed by atoms with Crippen LogP contribution in [0.5, 0.6) is 0 Å². The Hall–Kier alpha value is -0.620. The van der Waals surface area contributed by atoms with Crippen LogP contribution in [0.25, 0.3) is 0 Å². The van der Waals surface area contributed by atoms with Gasteiger partial charge in [-0.25, -0.2) is 0 Å². The monoisotopic (exact) mass is 170 g/mol. The first-order valence-corrected chi connectivity index (χ1v) is 4.14. The molecule has 0 unspecified atom stereocenters. The van der Waals surface area contributed by atoms with Crippen molar-refractivity contribution in [2.24, 2.45) is 0 Å². The van der Waals surface area contributed by atoms with Gasteiger partial charge in [-0.05, 0) is 39.9 Å². The molecule has 2 nitrogen and oxygen atoms in total. The SMILES string of the molecule is CC(C)N(C(=S)C#N)C(C)C. The van der Waals surface area contributed by atoms with E-state index in [-0.39, 0.29) is 0 Å². The average Bonchev–Trinajstić information content (AvgIpc) is 1.85. The molecule has 0 heterocycles. The molecule has 0 rings (SSSR count). The summed E-state index contributed by atoms with van der Waals surface area (Å²) < 4.78 is 0. The maximum atomic E-state index is 8.57. The second-order valence-electron chi connectivity index (χ2n) is 3.01. The Morgan fingerprint density at radius 3 is 1.73 bits per heavy atom. The van der Waals surface area contributed by atoms with Crippen LogP contribution < -0.4 is 0 Å². The molecule has 0 N–H and O–H groups in total. The van der Waals surface area contributed by atoms with Crippen LogP contribution in [0.3, 0.4) is 0 Å². The van der Waals surface area contributed by atoms with Crippen molar-refractivity contribution in [2.75, 3.05) is 0 Å². The van der Waals surface area contributed by atoms with Crippen LogP contribution in [0.4, 0.5) is 0 Å². The third-order valence-electron chi connectivity index (χ3n) is 1.44. The summed E-state index contributed by atoms with van der Waals surface area (Å²) in [5.74, 6) is 0. The summed E-state index contributed by atoms with van der Waals surface area (Å²) in [5.41, 5.74) is 0. The molecule has 0 amide bonds. The molecule has 3 heteroatoms. The predicted octanol–water partition coefficient (Wildman–Crippen LogP) is 1.96. The lowest BCUT2D eigenvalue weighted by molar-refractivity contribution is 0.299. The van der Waals surface area contributed by atoms with Gasteiger partial charge in [0.1, 0.15) is 6.07 Å². The fraction of sp³-hybridized carbons (Fsp3) is 0.750. The van der Waals surface area contributed by atoms with Crippen molar-refractivity contribution in [3.8, 4) is 6.07 Å². The number of rotatable bonds is 2. The fourth-order valence-corrected chi connectivity index (χ4v) is 1.54. The zero-order valence-electron chi connectivity index (χ0n) is 7.46. The van der Waals surface area contributed by atoms with Gasteiger partial charge in [0.25, 0.3) is 0 Å². The Labute approximate surface area is 73.8 Å². The van der Waals surface area contributed by atoms with Gasteiger partial charge in [-0.3, -0.25) is 0 Å². The first-order chi connectivity index (χ1) is 5.00. The second kappa shape index (κ2) is 4.30. The quantitative estimate of drug-likeness (QED) is 0.593. The molecular formula is C8H14N2S. The molecule has 0 aliphatic carbocycles. The van der Waals surface area contributed by atoms with Crippen molar-refractivity contribution in [3.63, 3.8) is 0 Å². The van der Waals surface area contributed by atoms with Crippen LogP contribution in [-0.2, 0) is 0 Å². The van der Waals surface area contributed by atoms with Crippen molar-refractivity contribution < 1.29 is 0 Å². The lowest BCUT2D eigenvalue weighted by Crippen LogP contribution is -2.40. The van der Waals surface area contributed by atoms with Gasteiger partial charge in [-0.15, -0.1) is 0 Å². The van der Waals surface area contributed by atoms with E-state index in [1.807, 2.05) is 38.7 Å². The molecule has 0 spiro atoms. The number of hydrogen-bond donors (Lipinski definition) is 0. The van der Waals surface area contributed by atoms with Crippen LogP contribution in [0, 0.1) is 11.3 Å². The number of nitrogens with zero attached hydrogens (tertiary/aromatic N) is 2. The maximum absolute atomic E-state index is 8.57.